The highest BCUT2D eigenvalue weighted by Crippen LogP contribution is 2.29. The number of unbranched alkanes of at least 4 members (excludes halogenated alkanes) is 6. The first-order valence-electron chi connectivity index (χ1n) is 23.0. The summed E-state index contributed by atoms with van der Waals surface area (Å²) in [6.07, 6.45) is -7.84. The first kappa shape index (κ1) is 58.0. The molecule has 2 aliphatic heterocycles. The quantitative estimate of drug-likeness (QED) is 0.0135. The molecule has 2 heterocycles. The molecule has 2 aliphatic rings. The van der Waals surface area contributed by atoms with Crippen LogP contribution in [0.15, 0.2) is 5.16 Å². The lowest BCUT2D eigenvalue weighted by Crippen LogP contribution is -2.65. The highest BCUT2D eigenvalue weighted by molar-refractivity contribution is 5.92. The SMILES string of the molecule is CC[C@@H](NC)C1OC(O)C(OC2OC(COC(=O)CCC(=O)NCCCCCNC(=O)CCC(=O)NCCCCCNC(=O)CCC(=O)NCCCCCO)C(O)C(O)/C2=N\O)C(O)C1O. The maximum absolute atomic E-state index is 12.4. The lowest BCUT2D eigenvalue weighted by Gasteiger charge is -2.45. The predicted molar refractivity (Wildman–Crippen MR) is 233 cm³/mol. The largest absolute Gasteiger partial charge is 0.463 e. The number of aliphatic hydroxyl groups is 6. The van der Waals surface area contributed by atoms with E-state index in [0.717, 1.165) is 25.7 Å². The molecule has 24 heteroatoms. The molecule has 0 saturated carbocycles. The molecule has 380 valence electrons. The second-order valence-electron chi connectivity index (χ2n) is 16.2. The van der Waals surface area contributed by atoms with Crippen molar-refractivity contribution >= 4 is 41.2 Å². The van der Waals surface area contributed by atoms with Gasteiger partial charge in [-0.3, -0.25) is 28.8 Å². The number of nitrogens with zero attached hydrogens (tertiary/aromatic N) is 1. The Kier molecular flexibility index (Phi) is 29.3. The number of carbonyl (C=O) groups excluding carboxylic acids is 6. The maximum atomic E-state index is 12.4. The van der Waals surface area contributed by atoms with Gasteiger partial charge in [0.25, 0.3) is 0 Å². The molecule has 10 atom stereocenters. The number of esters is 1. The topological polar surface area (TPSA) is 365 Å². The summed E-state index contributed by atoms with van der Waals surface area (Å²) in [5, 5.41) is 91.0. The van der Waals surface area contributed by atoms with Crippen LogP contribution in [0.1, 0.15) is 110 Å². The van der Waals surface area contributed by atoms with Crippen molar-refractivity contribution in [1.82, 2.24) is 31.9 Å². The molecule has 0 aromatic rings. The molecule has 0 radical (unpaired) electrons. The molecule has 2 fully saturated rings. The van der Waals surface area contributed by atoms with Gasteiger partial charge in [0.15, 0.2) is 6.29 Å². The fourth-order valence-corrected chi connectivity index (χ4v) is 7.04. The molecule has 0 bridgehead atoms. The van der Waals surface area contributed by atoms with E-state index in [0.29, 0.717) is 71.2 Å². The first-order chi connectivity index (χ1) is 31.7. The minimum absolute atomic E-state index is 0.0399. The van der Waals surface area contributed by atoms with Crippen LogP contribution in [-0.4, -0.2) is 191 Å². The molecule has 0 aromatic carbocycles. The number of likely N-dealkylation sites (N-methyl/N-ethyl adjacent to an activating group) is 1. The molecule has 2 rings (SSSR count). The van der Waals surface area contributed by atoms with E-state index in [1.807, 2.05) is 0 Å². The van der Waals surface area contributed by atoms with Gasteiger partial charge in [-0.05, 0) is 71.3 Å². The molecule has 24 nitrogen and oxygen atoms in total. The Hall–Kier alpha value is -4.11. The molecule has 13 N–H and O–H groups in total. The number of carbonyl (C=O) groups is 6. The highest BCUT2D eigenvalue weighted by Gasteiger charge is 2.51. The normalized spacial score (nSPS) is 25.1. The maximum Gasteiger partial charge on any atom is 0.306 e. The number of oxime groups is 1. The standard InChI is InChI=1S/C42H75N7O17/c1-3-26(43-2)39-37(59)38(60)40(41(61)65-39)66-42-34(49-62)36(58)35(57)27(64-42)25-63-33(56)18-17-32(55)48-22-10-5-9-21-46-29(52)14-13-28(51)44-19-7-4-8-20-45-30(53)15-16-31(54)47-23-11-6-12-24-50/h26-27,35-43,50,57-62H,3-25H2,1-2H3,(H,44,51)(H,45,53)(H,46,52)(H,47,54)(H,48,55)/b49-34+/t26-,27?,35?,36?,37?,38?,39?,40?,41?,42?/m1/s1. The highest BCUT2D eigenvalue weighted by atomic mass is 16.7. The summed E-state index contributed by atoms with van der Waals surface area (Å²) in [7, 11) is 1.62. The summed E-state index contributed by atoms with van der Waals surface area (Å²) in [5.41, 5.74) is -0.622. The Labute approximate surface area is 385 Å². The Morgan fingerprint density at radius 1 is 0.621 bits per heavy atom. The molecule has 66 heavy (non-hydrogen) atoms. The number of nitrogens with one attached hydrogen (secondary N) is 6. The molecule has 2 saturated heterocycles. The Morgan fingerprint density at radius 3 is 1.47 bits per heavy atom. The fraction of sp³-hybridized carbons (Fsp3) is 0.833. The van der Waals surface area contributed by atoms with Gasteiger partial charge in [-0.25, -0.2) is 0 Å². The van der Waals surface area contributed by atoms with Gasteiger partial charge in [0.2, 0.25) is 35.8 Å². The van der Waals surface area contributed by atoms with E-state index in [9.17, 15) is 59.5 Å². The summed E-state index contributed by atoms with van der Waals surface area (Å²) in [6.45, 7) is 3.48. The molecule has 0 spiro atoms. The Morgan fingerprint density at radius 2 is 1.06 bits per heavy atom. The van der Waals surface area contributed by atoms with E-state index in [4.69, 9.17) is 24.1 Å². The van der Waals surface area contributed by atoms with E-state index in [-0.39, 0.29) is 68.8 Å². The van der Waals surface area contributed by atoms with Gasteiger partial charge in [0.1, 0.15) is 55.0 Å². The van der Waals surface area contributed by atoms with Gasteiger partial charge in [-0.15, -0.1) is 0 Å². The van der Waals surface area contributed by atoms with E-state index >= 15 is 0 Å². The van der Waals surface area contributed by atoms with E-state index in [2.05, 4.69) is 37.1 Å². The summed E-state index contributed by atoms with van der Waals surface area (Å²) < 4.78 is 21.8. The lowest BCUT2D eigenvalue weighted by atomic mass is 9.92. The van der Waals surface area contributed by atoms with Crippen LogP contribution in [0.4, 0.5) is 0 Å². The lowest BCUT2D eigenvalue weighted by molar-refractivity contribution is -0.324. The van der Waals surface area contributed by atoms with Gasteiger partial charge in [-0.1, -0.05) is 12.1 Å². The third kappa shape index (κ3) is 22.1. The van der Waals surface area contributed by atoms with E-state index < -0.39 is 85.5 Å². The zero-order chi connectivity index (χ0) is 48.9. The van der Waals surface area contributed by atoms with Gasteiger partial charge in [0, 0.05) is 77.5 Å². The van der Waals surface area contributed by atoms with Gasteiger partial charge >= 0.3 is 5.97 Å². The number of rotatable bonds is 33. The second kappa shape index (κ2) is 33.4. The first-order valence-corrected chi connectivity index (χ1v) is 23.0. The molecule has 0 aromatic heterocycles. The van der Waals surface area contributed by atoms with Crippen molar-refractivity contribution in [2.45, 2.75) is 171 Å². The summed E-state index contributed by atoms with van der Waals surface area (Å²) in [5.74, 6) is -2.11. The van der Waals surface area contributed by atoms with Crippen LogP contribution in [0.2, 0.25) is 0 Å². The van der Waals surface area contributed by atoms with Crippen molar-refractivity contribution in [3.63, 3.8) is 0 Å². The molecular weight excluding hydrogens is 874 g/mol. The van der Waals surface area contributed by atoms with Crippen LogP contribution in [0.3, 0.4) is 0 Å². The monoisotopic (exact) mass is 950 g/mol. The smallest absolute Gasteiger partial charge is 0.306 e. The third-order valence-electron chi connectivity index (χ3n) is 11.0. The number of amides is 5. The second-order valence-corrected chi connectivity index (χ2v) is 16.2. The summed E-state index contributed by atoms with van der Waals surface area (Å²) in [4.78, 5) is 72.7. The predicted octanol–water partition coefficient (Wildman–Crippen LogP) is -2.95. The van der Waals surface area contributed by atoms with Crippen LogP contribution < -0.4 is 31.9 Å². The van der Waals surface area contributed by atoms with Crippen molar-refractivity contribution in [1.29, 1.82) is 0 Å². The van der Waals surface area contributed by atoms with E-state index in [1.165, 1.54) is 0 Å². The van der Waals surface area contributed by atoms with Crippen LogP contribution >= 0.6 is 0 Å². The van der Waals surface area contributed by atoms with Crippen molar-refractivity contribution in [2.24, 2.45) is 5.16 Å². The number of ether oxygens (including phenoxy) is 4. The van der Waals surface area contributed by atoms with Crippen molar-refractivity contribution in [2.75, 3.05) is 53.0 Å². The van der Waals surface area contributed by atoms with Crippen molar-refractivity contribution in [3.8, 4) is 0 Å². The molecular formula is C42H75N7O17. The summed E-state index contributed by atoms with van der Waals surface area (Å²) in [6, 6.07) is -0.432. The molecule has 9 unspecified atom stereocenters. The Balaban J connectivity index is 1.51. The Bertz CT molecular complexity index is 1490. The number of hydrogen-bond acceptors (Lipinski definition) is 19. The third-order valence-corrected chi connectivity index (χ3v) is 11.0. The fourth-order valence-electron chi connectivity index (χ4n) is 7.04. The van der Waals surface area contributed by atoms with Gasteiger partial charge in [0.05, 0.1) is 6.42 Å². The van der Waals surface area contributed by atoms with Gasteiger partial charge < -0.3 is 86.7 Å². The average molecular weight is 950 g/mol. The van der Waals surface area contributed by atoms with Crippen molar-refractivity contribution in [3.05, 3.63) is 0 Å². The minimum atomic E-state index is -1.88. The average Bonchev–Trinajstić information content (AvgIpc) is 3.30. The van der Waals surface area contributed by atoms with Crippen LogP contribution in [0.5, 0.6) is 0 Å². The van der Waals surface area contributed by atoms with Crippen molar-refractivity contribution < 1.29 is 83.6 Å². The minimum Gasteiger partial charge on any atom is -0.463 e. The summed E-state index contributed by atoms with van der Waals surface area (Å²) >= 11 is 0. The zero-order valence-electron chi connectivity index (χ0n) is 38.2. The van der Waals surface area contributed by atoms with Crippen LogP contribution in [-0.2, 0) is 47.7 Å². The number of hydrogen-bond donors (Lipinski definition) is 13. The van der Waals surface area contributed by atoms with Crippen LogP contribution in [0.25, 0.3) is 0 Å². The zero-order valence-corrected chi connectivity index (χ0v) is 38.2. The molecule has 5 amide bonds. The number of aliphatic hydroxyl groups excluding tert-OH is 6. The van der Waals surface area contributed by atoms with Gasteiger partial charge in [-0.2, -0.15) is 0 Å². The van der Waals surface area contributed by atoms with E-state index in [1.54, 1.807) is 14.0 Å². The van der Waals surface area contributed by atoms with Crippen LogP contribution in [0, 0.1) is 0 Å². The molecule has 0 aliphatic carbocycles.